The van der Waals surface area contributed by atoms with Crippen LogP contribution in [-0.2, 0) is 4.79 Å². The van der Waals surface area contributed by atoms with Crippen LogP contribution in [0.25, 0.3) is 0 Å². The van der Waals surface area contributed by atoms with Gasteiger partial charge in [-0.25, -0.2) is 5.01 Å². The molecule has 3 nitrogen and oxygen atoms in total. The van der Waals surface area contributed by atoms with E-state index in [-0.39, 0.29) is 0 Å². The van der Waals surface area contributed by atoms with Gasteiger partial charge in [0.05, 0.1) is 16.9 Å². The molecule has 1 heterocycles. The van der Waals surface area contributed by atoms with Gasteiger partial charge in [0.25, 0.3) is 0 Å². The molecule has 94 valence electrons. The van der Waals surface area contributed by atoms with Gasteiger partial charge in [0, 0.05) is 5.56 Å². The summed E-state index contributed by atoms with van der Waals surface area (Å²) in [5, 5.41) is 6.57. The molecule has 0 aromatic heterocycles. The van der Waals surface area contributed by atoms with Gasteiger partial charge >= 0.3 is 0 Å². The third-order valence-corrected chi connectivity index (χ3v) is 3.45. The summed E-state index contributed by atoms with van der Waals surface area (Å²) in [6.45, 7) is 0. The Bertz CT molecular complexity index is 654. The highest BCUT2D eigenvalue weighted by molar-refractivity contribution is 6.33. The molecule has 0 saturated heterocycles. The summed E-state index contributed by atoms with van der Waals surface area (Å²) in [7, 11) is 0. The summed E-state index contributed by atoms with van der Waals surface area (Å²) in [6.07, 6.45) is 2.64. The first kappa shape index (κ1) is 11.9. The van der Waals surface area contributed by atoms with E-state index in [0.717, 1.165) is 23.1 Å². The Labute approximate surface area is 116 Å². The smallest absolute Gasteiger partial charge is 0.149 e. The lowest BCUT2D eigenvalue weighted by Crippen LogP contribution is -2.29. The van der Waals surface area contributed by atoms with Crippen molar-refractivity contribution in [2.24, 2.45) is 5.10 Å². The second-order valence-electron chi connectivity index (χ2n) is 4.25. The van der Waals surface area contributed by atoms with E-state index >= 15 is 0 Å². The number of carbonyl (C=O) groups excluding carboxylic acids is 1. The maximum Gasteiger partial charge on any atom is 0.149 e. The standard InChI is InChI=1S/C15H11ClN2O/c16-13-7-3-4-8-14(13)18-15(10-19)12-6-2-1-5-11(12)9-17-18/h1-10,15H. The number of halogens is 1. The van der Waals surface area contributed by atoms with Crippen LogP contribution in [0.2, 0.25) is 5.02 Å². The van der Waals surface area contributed by atoms with Crippen LogP contribution in [0.1, 0.15) is 17.2 Å². The van der Waals surface area contributed by atoms with Gasteiger partial charge < -0.3 is 4.79 Å². The van der Waals surface area contributed by atoms with E-state index < -0.39 is 6.04 Å². The largest absolute Gasteiger partial charge is 0.301 e. The molecule has 1 atom stereocenters. The van der Waals surface area contributed by atoms with Crippen molar-refractivity contribution >= 4 is 29.8 Å². The highest BCUT2D eigenvalue weighted by Crippen LogP contribution is 2.34. The quantitative estimate of drug-likeness (QED) is 0.783. The summed E-state index contributed by atoms with van der Waals surface area (Å²) < 4.78 is 0. The Morgan fingerprint density at radius 3 is 2.63 bits per heavy atom. The number of benzene rings is 2. The molecule has 1 aliphatic rings. The van der Waals surface area contributed by atoms with Gasteiger partial charge in [-0.2, -0.15) is 5.10 Å². The van der Waals surface area contributed by atoms with E-state index in [1.807, 2.05) is 42.5 Å². The van der Waals surface area contributed by atoms with Crippen molar-refractivity contribution in [1.82, 2.24) is 0 Å². The molecule has 1 aliphatic heterocycles. The number of anilines is 1. The number of fused-ring (bicyclic) bond motifs is 1. The third-order valence-electron chi connectivity index (χ3n) is 3.13. The minimum absolute atomic E-state index is 0.443. The van der Waals surface area contributed by atoms with Gasteiger partial charge in [0.1, 0.15) is 12.3 Å². The van der Waals surface area contributed by atoms with Crippen LogP contribution >= 0.6 is 11.6 Å². The minimum Gasteiger partial charge on any atom is -0.301 e. The van der Waals surface area contributed by atoms with Crippen molar-refractivity contribution in [3.8, 4) is 0 Å². The van der Waals surface area contributed by atoms with Gasteiger partial charge in [0.2, 0.25) is 0 Å². The summed E-state index contributed by atoms with van der Waals surface area (Å²) in [5.74, 6) is 0. The van der Waals surface area contributed by atoms with E-state index in [9.17, 15) is 4.79 Å². The zero-order chi connectivity index (χ0) is 13.2. The van der Waals surface area contributed by atoms with Crippen LogP contribution < -0.4 is 5.01 Å². The summed E-state index contributed by atoms with van der Waals surface area (Å²) in [4.78, 5) is 11.5. The number of carbonyl (C=O) groups is 1. The lowest BCUT2D eigenvalue weighted by Gasteiger charge is -2.30. The zero-order valence-electron chi connectivity index (χ0n) is 10.0. The molecule has 1 unspecified atom stereocenters. The lowest BCUT2D eigenvalue weighted by atomic mass is 10.00. The fraction of sp³-hybridized carbons (Fsp3) is 0.0667. The Balaban J connectivity index is 2.11. The maximum atomic E-state index is 11.5. The van der Waals surface area contributed by atoms with Crippen molar-refractivity contribution in [3.63, 3.8) is 0 Å². The number of hydrogen-bond donors (Lipinski definition) is 0. The zero-order valence-corrected chi connectivity index (χ0v) is 10.8. The Hall–Kier alpha value is -2.13. The second-order valence-corrected chi connectivity index (χ2v) is 4.66. The topological polar surface area (TPSA) is 32.7 Å². The van der Waals surface area contributed by atoms with Crippen molar-refractivity contribution in [2.75, 3.05) is 5.01 Å². The van der Waals surface area contributed by atoms with Gasteiger partial charge in [-0.3, -0.25) is 0 Å². The predicted octanol–water partition coefficient (Wildman–Crippen LogP) is 3.43. The number of para-hydroxylation sites is 1. The van der Waals surface area contributed by atoms with E-state index in [0.29, 0.717) is 5.02 Å². The van der Waals surface area contributed by atoms with Gasteiger partial charge in [0.15, 0.2) is 0 Å². The number of rotatable bonds is 2. The molecule has 0 fully saturated rings. The van der Waals surface area contributed by atoms with Crippen molar-refractivity contribution in [2.45, 2.75) is 6.04 Å². The molecule has 2 aromatic rings. The van der Waals surface area contributed by atoms with Crippen LogP contribution in [-0.4, -0.2) is 12.5 Å². The minimum atomic E-state index is -0.443. The molecular formula is C15H11ClN2O. The summed E-state index contributed by atoms with van der Waals surface area (Å²) >= 11 is 6.18. The van der Waals surface area contributed by atoms with Crippen LogP contribution in [0.4, 0.5) is 5.69 Å². The number of hydrogen-bond acceptors (Lipinski definition) is 3. The van der Waals surface area contributed by atoms with Crippen LogP contribution in [0.5, 0.6) is 0 Å². The molecule has 0 amide bonds. The number of aldehydes is 1. The van der Waals surface area contributed by atoms with E-state index in [4.69, 9.17) is 11.6 Å². The number of nitrogens with zero attached hydrogens (tertiary/aromatic N) is 2. The average molecular weight is 271 g/mol. The van der Waals surface area contributed by atoms with Crippen molar-refractivity contribution < 1.29 is 4.79 Å². The molecule has 3 rings (SSSR count). The van der Waals surface area contributed by atoms with Crippen LogP contribution in [0, 0.1) is 0 Å². The van der Waals surface area contributed by atoms with E-state index in [2.05, 4.69) is 5.10 Å². The molecule has 0 N–H and O–H groups in total. The Kier molecular flexibility index (Phi) is 3.05. The summed E-state index contributed by atoms with van der Waals surface area (Å²) in [6, 6.07) is 14.6. The third kappa shape index (κ3) is 2.02. The highest BCUT2D eigenvalue weighted by Gasteiger charge is 2.26. The van der Waals surface area contributed by atoms with Crippen molar-refractivity contribution in [1.29, 1.82) is 0 Å². The van der Waals surface area contributed by atoms with Gasteiger partial charge in [-0.1, -0.05) is 48.0 Å². The molecular weight excluding hydrogens is 260 g/mol. The SMILES string of the molecule is O=CC1c2ccccc2C=NN1c1ccccc1Cl. The monoisotopic (exact) mass is 270 g/mol. The summed E-state index contributed by atoms with van der Waals surface area (Å²) in [5.41, 5.74) is 2.63. The molecule has 4 heteroatoms. The molecule has 0 bridgehead atoms. The van der Waals surface area contributed by atoms with E-state index in [1.165, 1.54) is 0 Å². The number of hydrazone groups is 1. The Morgan fingerprint density at radius 2 is 1.84 bits per heavy atom. The second kappa shape index (κ2) is 4.86. The van der Waals surface area contributed by atoms with Crippen LogP contribution in [0.15, 0.2) is 53.6 Å². The van der Waals surface area contributed by atoms with Gasteiger partial charge in [-0.05, 0) is 17.7 Å². The molecule has 0 radical (unpaired) electrons. The van der Waals surface area contributed by atoms with E-state index in [1.54, 1.807) is 17.3 Å². The van der Waals surface area contributed by atoms with Gasteiger partial charge in [-0.15, -0.1) is 0 Å². The molecule has 0 aliphatic carbocycles. The lowest BCUT2D eigenvalue weighted by molar-refractivity contribution is -0.109. The van der Waals surface area contributed by atoms with Crippen molar-refractivity contribution in [3.05, 3.63) is 64.7 Å². The maximum absolute atomic E-state index is 11.5. The first-order valence-corrected chi connectivity index (χ1v) is 6.31. The normalized spacial score (nSPS) is 17.1. The fourth-order valence-electron chi connectivity index (χ4n) is 2.21. The highest BCUT2D eigenvalue weighted by atomic mass is 35.5. The van der Waals surface area contributed by atoms with Crippen LogP contribution in [0.3, 0.4) is 0 Å². The fourth-order valence-corrected chi connectivity index (χ4v) is 2.43. The molecule has 0 saturated carbocycles. The molecule has 2 aromatic carbocycles. The average Bonchev–Trinajstić information content (AvgIpc) is 2.46. The molecule has 19 heavy (non-hydrogen) atoms. The molecule has 0 spiro atoms. The first-order chi connectivity index (χ1) is 9.31. The first-order valence-electron chi connectivity index (χ1n) is 5.93. The Morgan fingerprint density at radius 1 is 1.11 bits per heavy atom. The predicted molar refractivity (Wildman–Crippen MR) is 76.8 cm³/mol.